The zero-order chi connectivity index (χ0) is 8.10. The van der Waals surface area contributed by atoms with Gasteiger partial charge in [-0.3, -0.25) is 4.72 Å². The fourth-order valence-electron chi connectivity index (χ4n) is 0.884. The van der Waals surface area contributed by atoms with Crippen LogP contribution >= 0.6 is 12.8 Å². The van der Waals surface area contributed by atoms with Crippen LogP contribution in [0.2, 0.25) is 0 Å². The van der Waals surface area contributed by atoms with Crippen molar-refractivity contribution in [2.24, 2.45) is 5.73 Å². The van der Waals surface area contributed by atoms with Gasteiger partial charge in [-0.1, -0.05) is 37.1 Å². The van der Waals surface area contributed by atoms with Gasteiger partial charge in [0.2, 0.25) is 0 Å². The van der Waals surface area contributed by atoms with Crippen molar-refractivity contribution in [3.8, 4) is 0 Å². The Morgan fingerprint density at radius 3 is 2.18 bits per heavy atom. The Kier molecular flexibility index (Phi) is 3.42. The fourth-order valence-corrected chi connectivity index (χ4v) is 1.07. The molecule has 0 unspecified atom stereocenters. The molecule has 0 bridgehead atoms. The summed E-state index contributed by atoms with van der Waals surface area (Å²) < 4.78 is 2.78. The van der Waals surface area contributed by atoms with Gasteiger partial charge in [0.25, 0.3) is 0 Å². The van der Waals surface area contributed by atoms with Crippen molar-refractivity contribution >= 4 is 12.8 Å². The molecular weight excluding hydrogens is 156 g/mol. The van der Waals surface area contributed by atoms with Crippen molar-refractivity contribution in [2.75, 3.05) is 0 Å². The minimum Gasteiger partial charge on any atom is -0.326 e. The maximum atomic E-state index is 5.44. The largest absolute Gasteiger partial charge is 0.326 e. The average molecular weight is 168 g/mol. The maximum Gasteiger partial charge on any atom is 0.0307 e. The van der Waals surface area contributed by atoms with Crippen LogP contribution in [0.4, 0.5) is 0 Å². The normalized spacial score (nSPS) is 10.0. The monoisotopic (exact) mass is 168 g/mol. The number of thiol groups is 1. The topological polar surface area (TPSA) is 38.0 Å². The summed E-state index contributed by atoms with van der Waals surface area (Å²) in [5, 5.41) is 0. The Balaban J connectivity index is 2.66. The van der Waals surface area contributed by atoms with Gasteiger partial charge in [0.05, 0.1) is 0 Å². The van der Waals surface area contributed by atoms with E-state index in [-0.39, 0.29) is 0 Å². The van der Waals surface area contributed by atoms with Gasteiger partial charge in [0.1, 0.15) is 0 Å². The first-order chi connectivity index (χ1) is 5.36. The second-order valence-corrected chi connectivity index (χ2v) is 2.67. The maximum absolute atomic E-state index is 5.44. The summed E-state index contributed by atoms with van der Waals surface area (Å²) in [6.07, 6.45) is 0. The summed E-state index contributed by atoms with van der Waals surface area (Å²) in [5.74, 6) is 0. The molecule has 1 rings (SSSR count). The van der Waals surface area contributed by atoms with E-state index in [0.29, 0.717) is 6.54 Å². The molecule has 2 nitrogen and oxygen atoms in total. The van der Waals surface area contributed by atoms with Crippen LogP contribution in [0.5, 0.6) is 0 Å². The van der Waals surface area contributed by atoms with E-state index in [4.69, 9.17) is 5.73 Å². The fraction of sp³-hybridized carbons (Fsp3) is 0.250. The third-order valence-electron chi connectivity index (χ3n) is 1.54. The number of nitrogens with one attached hydrogen (secondary N) is 1. The van der Waals surface area contributed by atoms with Crippen LogP contribution in [0.25, 0.3) is 0 Å². The molecule has 0 heterocycles. The molecule has 3 N–H and O–H groups in total. The summed E-state index contributed by atoms with van der Waals surface area (Å²) in [7, 11) is 0. The lowest BCUT2D eigenvalue weighted by atomic mass is 10.1. The minimum absolute atomic E-state index is 0.606. The van der Waals surface area contributed by atoms with Gasteiger partial charge in [-0.25, -0.2) is 0 Å². The highest BCUT2D eigenvalue weighted by Gasteiger charge is 1.90. The lowest BCUT2D eigenvalue weighted by Gasteiger charge is -2.00. The third-order valence-corrected chi connectivity index (χ3v) is 1.70. The highest BCUT2D eigenvalue weighted by Crippen LogP contribution is 2.03. The van der Waals surface area contributed by atoms with Gasteiger partial charge in [-0.2, -0.15) is 0 Å². The first kappa shape index (κ1) is 8.59. The minimum atomic E-state index is 0.606. The second-order valence-electron chi connectivity index (χ2n) is 2.36. The molecule has 0 fully saturated rings. The summed E-state index contributed by atoms with van der Waals surface area (Å²) in [5.41, 5.74) is 7.82. The Bertz CT molecular complexity index is 208. The van der Waals surface area contributed by atoms with E-state index in [1.54, 1.807) is 0 Å². The first-order valence-corrected chi connectivity index (χ1v) is 3.96. The quantitative estimate of drug-likeness (QED) is 0.591. The lowest BCUT2D eigenvalue weighted by molar-refractivity contribution is 0.978. The summed E-state index contributed by atoms with van der Waals surface area (Å²) >= 11 is 3.91. The molecule has 0 amide bonds. The molecule has 1 aromatic rings. The Labute approximate surface area is 72.3 Å². The van der Waals surface area contributed by atoms with Gasteiger partial charge in [-0.05, 0) is 11.1 Å². The molecule has 0 atom stereocenters. The average Bonchev–Trinajstić information content (AvgIpc) is 2.07. The zero-order valence-corrected chi connectivity index (χ0v) is 7.14. The highest BCUT2D eigenvalue weighted by molar-refractivity contribution is 7.78. The van der Waals surface area contributed by atoms with Gasteiger partial charge in [0, 0.05) is 13.1 Å². The predicted octanol–water partition coefficient (Wildman–Crippen LogP) is 1.08. The molecule has 0 spiro atoms. The number of nitrogens with two attached hydrogens (primary N) is 1. The van der Waals surface area contributed by atoms with Crippen LogP contribution in [0.1, 0.15) is 11.1 Å². The van der Waals surface area contributed by atoms with E-state index in [2.05, 4.69) is 17.5 Å². The summed E-state index contributed by atoms with van der Waals surface area (Å²) in [4.78, 5) is 0. The number of rotatable bonds is 3. The van der Waals surface area contributed by atoms with E-state index in [9.17, 15) is 0 Å². The Morgan fingerprint density at radius 2 is 1.73 bits per heavy atom. The van der Waals surface area contributed by atoms with Gasteiger partial charge in [-0.15, -0.1) is 0 Å². The van der Waals surface area contributed by atoms with E-state index >= 15 is 0 Å². The lowest BCUT2D eigenvalue weighted by Crippen LogP contribution is -2.00. The summed E-state index contributed by atoms with van der Waals surface area (Å²) in [6.45, 7) is 1.39. The molecule has 0 aliphatic carbocycles. The van der Waals surface area contributed by atoms with Crippen LogP contribution in [0.15, 0.2) is 24.3 Å². The van der Waals surface area contributed by atoms with Crippen LogP contribution in [0, 0.1) is 0 Å². The van der Waals surface area contributed by atoms with Crippen LogP contribution in [-0.4, -0.2) is 0 Å². The van der Waals surface area contributed by atoms with E-state index in [1.807, 2.05) is 24.3 Å². The molecule has 3 heteroatoms. The molecule has 60 valence electrons. The van der Waals surface area contributed by atoms with E-state index in [0.717, 1.165) is 12.1 Å². The smallest absolute Gasteiger partial charge is 0.0307 e. The van der Waals surface area contributed by atoms with Crippen molar-refractivity contribution in [1.29, 1.82) is 0 Å². The highest BCUT2D eigenvalue weighted by atomic mass is 32.1. The number of benzene rings is 1. The number of hydrogen-bond donors (Lipinski definition) is 3. The van der Waals surface area contributed by atoms with Crippen LogP contribution in [0.3, 0.4) is 0 Å². The predicted molar refractivity (Wildman–Crippen MR) is 50.2 cm³/mol. The van der Waals surface area contributed by atoms with Crippen molar-refractivity contribution in [1.82, 2.24) is 4.72 Å². The van der Waals surface area contributed by atoms with Gasteiger partial charge in [0.15, 0.2) is 0 Å². The molecule has 0 aliphatic heterocycles. The standard InChI is InChI=1S/C8H12N2S/c9-5-7-1-3-8(4-2-7)6-10-11/h1-4,10-11H,5-6,9H2. The second kappa shape index (κ2) is 4.38. The first-order valence-electron chi connectivity index (χ1n) is 3.51. The molecule has 1 aromatic carbocycles. The van der Waals surface area contributed by atoms with Crippen LogP contribution < -0.4 is 10.5 Å². The van der Waals surface area contributed by atoms with Gasteiger partial charge >= 0.3 is 0 Å². The molecule has 0 aliphatic rings. The summed E-state index contributed by atoms with van der Waals surface area (Å²) in [6, 6.07) is 8.15. The Morgan fingerprint density at radius 1 is 1.18 bits per heavy atom. The molecule has 0 radical (unpaired) electrons. The van der Waals surface area contributed by atoms with Crippen molar-refractivity contribution < 1.29 is 0 Å². The molecule has 0 aromatic heterocycles. The van der Waals surface area contributed by atoms with Gasteiger partial charge < -0.3 is 5.73 Å². The van der Waals surface area contributed by atoms with E-state index < -0.39 is 0 Å². The molecule has 11 heavy (non-hydrogen) atoms. The van der Waals surface area contributed by atoms with Crippen molar-refractivity contribution in [2.45, 2.75) is 13.1 Å². The van der Waals surface area contributed by atoms with E-state index in [1.165, 1.54) is 5.56 Å². The molecule has 0 saturated heterocycles. The zero-order valence-electron chi connectivity index (χ0n) is 6.25. The number of hydrogen-bond acceptors (Lipinski definition) is 3. The Hall–Kier alpha value is -0.510. The molecule has 0 saturated carbocycles. The SMILES string of the molecule is NCc1ccc(CNS)cc1. The third kappa shape index (κ3) is 2.54. The van der Waals surface area contributed by atoms with Crippen molar-refractivity contribution in [3.63, 3.8) is 0 Å². The molecular formula is C8H12N2S. The van der Waals surface area contributed by atoms with Crippen LogP contribution in [-0.2, 0) is 13.1 Å². The van der Waals surface area contributed by atoms with Crippen molar-refractivity contribution in [3.05, 3.63) is 35.4 Å².